The average Bonchev–Trinajstić information content (AvgIpc) is 2.54. The van der Waals surface area contributed by atoms with Crippen LogP contribution in [0.5, 0.6) is 5.75 Å². The first-order valence-electron chi connectivity index (χ1n) is 7.17. The fourth-order valence-electron chi connectivity index (χ4n) is 2.44. The molecule has 0 bridgehead atoms. The quantitative estimate of drug-likeness (QED) is 0.854. The third-order valence-corrected chi connectivity index (χ3v) is 3.75. The topological polar surface area (TPSA) is 49.7 Å². The summed E-state index contributed by atoms with van der Waals surface area (Å²) in [6, 6.07) is 16.9. The molecule has 0 saturated carbocycles. The molecule has 2 N–H and O–H groups in total. The Labute approximate surface area is 125 Å². The van der Waals surface area contributed by atoms with Gasteiger partial charge in [-0.3, -0.25) is 0 Å². The summed E-state index contributed by atoms with van der Waals surface area (Å²) in [4.78, 5) is 0. The van der Waals surface area contributed by atoms with Crippen LogP contribution < -0.4 is 4.74 Å². The van der Waals surface area contributed by atoms with Crippen molar-refractivity contribution in [3.8, 4) is 5.75 Å². The van der Waals surface area contributed by atoms with E-state index in [0.29, 0.717) is 6.42 Å². The van der Waals surface area contributed by atoms with Crippen LogP contribution in [0.3, 0.4) is 0 Å². The van der Waals surface area contributed by atoms with E-state index in [0.717, 1.165) is 16.9 Å². The van der Waals surface area contributed by atoms with Gasteiger partial charge in [0.05, 0.1) is 19.3 Å². The molecule has 0 aliphatic carbocycles. The van der Waals surface area contributed by atoms with Gasteiger partial charge in [0.2, 0.25) is 0 Å². The highest BCUT2D eigenvalue weighted by molar-refractivity contribution is 5.30. The van der Waals surface area contributed by atoms with Crippen LogP contribution in [0, 0.1) is 5.92 Å². The van der Waals surface area contributed by atoms with Crippen molar-refractivity contribution in [2.24, 2.45) is 5.92 Å². The van der Waals surface area contributed by atoms with Gasteiger partial charge in [0.15, 0.2) is 0 Å². The second-order valence-corrected chi connectivity index (χ2v) is 5.36. The molecule has 0 spiro atoms. The SMILES string of the molecule is COc1cccc(C(O)CC(C)C(O)c2ccccc2)c1. The van der Waals surface area contributed by atoms with E-state index < -0.39 is 12.2 Å². The summed E-state index contributed by atoms with van der Waals surface area (Å²) in [6.45, 7) is 1.95. The van der Waals surface area contributed by atoms with E-state index in [9.17, 15) is 10.2 Å². The van der Waals surface area contributed by atoms with Gasteiger partial charge in [0.25, 0.3) is 0 Å². The molecule has 2 aromatic rings. The third-order valence-electron chi connectivity index (χ3n) is 3.75. The first kappa shape index (κ1) is 15.5. The van der Waals surface area contributed by atoms with Crippen molar-refractivity contribution < 1.29 is 14.9 Å². The Balaban J connectivity index is 2.03. The van der Waals surface area contributed by atoms with Crippen molar-refractivity contribution in [3.05, 3.63) is 65.7 Å². The Hall–Kier alpha value is -1.84. The zero-order chi connectivity index (χ0) is 15.2. The number of ether oxygens (including phenoxy) is 1. The third kappa shape index (κ3) is 4.06. The van der Waals surface area contributed by atoms with E-state index in [-0.39, 0.29) is 5.92 Å². The fourth-order valence-corrected chi connectivity index (χ4v) is 2.44. The number of benzene rings is 2. The zero-order valence-corrected chi connectivity index (χ0v) is 12.4. The van der Waals surface area contributed by atoms with Crippen LogP contribution in [0.2, 0.25) is 0 Å². The molecule has 2 rings (SSSR count). The molecule has 0 aliphatic rings. The molecule has 3 heteroatoms. The number of aliphatic hydroxyl groups excluding tert-OH is 2. The van der Waals surface area contributed by atoms with E-state index in [1.54, 1.807) is 7.11 Å². The van der Waals surface area contributed by atoms with Gasteiger partial charge in [-0.1, -0.05) is 49.4 Å². The van der Waals surface area contributed by atoms with E-state index in [1.807, 2.05) is 61.5 Å². The Morgan fingerprint density at radius 3 is 2.29 bits per heavy atom. The molecule has 0 fully saturated rings. The molecule has 0 saturated heterocycles. The van der Waals surface area contributed by atoms with Gasteiger partial charge >= 0.3 is 0 Å². The molecular formula is C18H22O3. The molecular weight excluding hydrogens is 264 g/mol. The van der Waals surface area contributed by atoms with Gasteiger partial charge in [-0.05, 0) is 35.6 Å². The van der Waals surface area contributed by atoms with Crippen molar-refractivity contribution in [2.75, 3.05) is 7.11 Å². The van der Waals surface area contributed by atoms with Crippen molar-refractivity contribution in [3.63, 3.8) is 0 Å². The number of rotatable bonds is 6. The molecule has 112 valence electrons. The summed E-state index contributed by atoms with van der Waals surface area (Å²) in [5.41, 5.74) is 1.68. The molecule has 0 amide bonds. The summed E-state index contributed by atoms with van der Waals surface area (Å²) in [6.07, 6.45) is -0.705. The Morgan fingerprint density at radius 1 is 0.952 bits per heavy atom. The normalized spacial score (nSPS) is 15.2. The second-order valence-electron chi connectivity index (χ2n) is 5.36. The van der Waals surface area contributed by atoms with Crippen LogP contribution in [0.1, 0.15) is 36.7 Å². The van der Waals surface area contributed by atoms with Gasteiger partial charge in [-0.2, -0.15) is 0 Å². The maximum absolute atomic E-state index is 10.3. The predicted octanol–water partition coefficient (Wildman–Crippen LogP) is 3.49. The molecule has 3 nitrogen and oxygen atoms in total. The minimum Gasteiger partial charge on any atom is -0.497 e. The molecule has 0 aliphatic heterocycles. The number of hydrogen-bond acceptors (Lipinski definition) is 3. The minimum absolute atomic E-state index is 0.0476. The van der Waals surface area contributed by atoms with Crippen LogP contribution in [0.4, 0.5) is 0 Å². The summed E-state index contributed by atoms with van der Waals surface area (Å²) in [5.74, 6) is 0.677. The van der Waals surface area contributed by atoms with E-state index in [4.69, 9.17) is 4.74 Å². The van der Waals surface area contributed by atoms with Crippen LogP contribution in [0.15, 0.2) is 54.6 Å². The smallest absolute Gasteiger partial charge is 0.119 e. The highest BCUT2D eigenvalue weighted by Crippen LogP contribution is 2.31. The molecule has 2 aromatic carbocycles. The fraction of sp³-hybridized carbons (Fsp3) is 0.333. The maximum Gasteiger partial charge on any atom is 0.119 e. The Morgan fingerprint density at radius 2 is 1.62 bits per heavy atom. The molecule has 3 unspecified atom stereocenters. The molecule has 0 heterocycles. The van der Waals surface area contributed by atoms with Gasteiger partial charge in [0.1, 0.15) is 5.75 Å². The standard InChI is InChI=1S/C18H22O3/c1-13(18(20)14-7-4-3-5-8-14)11-17(19)15-9-6-10-16(12-15)21-2/h3-10,12-13,17-20H,11H2,1-2H3. The van der Waals surface area contributed by atoms with Crippen molar-refractivity contribution in [2.45, 2.75) is 25.6 Å². The lowest BCUT2D eigenvalue weighted by Crippen LogP contribution is -2.13. The summed E-state index contributed by atoms with van der Waals surface area (Å²) < 4.78 is 5.17. The van der Waals surface area contributed by atoms with Gasteiger partial charge in [-0.15, -0.1) is 0 Å². The van der Waals surface area contributed by atoms with E-state index in [2.05, 4.69) is 0 Å². The van der Waals surface area contributed by atoms with Crippen molar-refractivity contribution in [1.82, 2.24) is 0 Å². The van der Waals surface area contributed by atoms with Crippen molar-refractivity contribution >= 4 is 0 Å². The Bertz CT molecular complexity index is 553. The van der Waals surface area contributed by atoms with Crippen LogP contribution >= 0.6 is 0 Å². The minimum atomic E-state index is -0.617. The molecule has 21 heavy (non-hydrogen) atoms. The lowest BCUT2D eigenvalue weighted by molar-refractivity contribution is 0.0687. The lowest BCUT2D eigenvalue weighted by atomic mass is 9.90. The van der Waals surface area contributed by atoms with Gasteiger partial charge in [-0.25, -0.2) is 0 Å². The maximum atomic E-state index is 10.3. The highest BCUT2D eigenvalue weighted by Gasteiger charge is 2.20. The number of hydrogen-bond donors (Lipinski definition) is 2. The largest absolute Gasteiger partial charge is 0.497 e. The van der Waals surface area contributed by atoms with Crippen LogP contribution in [0.25, 0.3) is 0 Å². The van der Waals surface area contributed by atoms with Gasteiger partial charge < -0.3 is 14.9 Å². The summed E-state index contributed by atoms with van der Waals surface area (Å²) in [5, 5.41) is 20.7. The zero-order valence-electron chi connectivity index (χ0n) is 12.4. The second kappa shape index (κ2) is 7.25. The number of methoxy groups -OCH3 is 1. The van der Waals surface area contributed by atoms with E-state index >= 15 is 0 Å². The Kier molecular flexibility index (Phi) is 5.37. The van der Waals surface area contributed by atoms with Crippen LogP contribution in [-0.2, 0) is 0 Å². The van der Waals surface area contributed by atoms with Crippen LogP contribution in [-0.4, -0.2) is 17.3 Å². The monoisotopic (exact) mass is 286 g/mol. The molecule has 3 atom stereocenters. The first-order valence-corrected chi connectivity index (χ1v) is 7.17. The predicted molar refractivity (Wildman–Crippen MR) is 83.1 cm³/mol. The van der Waals surface area contributed by atoms with Crippen molar-refractivity contribution in [1.29, 1.82) is 0 Å². The van der Waals surface area contributed by atoms with Gasteiger partial charge in [0, 0.05) is 0 Å². The lowest BCUT2D eigenvalue weighted by Gasteiger charge is -2.22. The van der Waals surface area contributed by atoms with E-state index in [1.165, 1.54) is 0 Å². The number of aliphatic hydroxyl groups is 2. The molecule has 0 aromatic heterocycles. The summed E-state index contributed by atoms with van der Waals surface area (Å²) in [7, 11) is 1.60. The average molecular weight is 286 g/mol. The highest BCUT2D eigenvalue weighted by atomic mass is 16.5. The summed E-state index contributed by atoms with van der Waals surface area (Å²) >= 11 is 0. The molecule has 0 radical (unpaired) electrons. The first-order chi connectivity index (χ1) is 10.1.